The van der Waals surface area contributed by atoms with Crippen molar-refractivity contribution in [2.24, 2.45) is 11.8 Å². The Hall–Kier alpha value is -2.23. The molecule has 0 atom stereocenters. The Morgan fingerprint density at radius 2 is 1.47 bits per heavy atom. The molecule has 0 aliphatic heterocycles. The molecule has 4 heteroatoms. The zero-order valence-electron chi connectivity index (χ0n) is 20.6. The highest BCUT2D eigenvalue weighted by Crippen LogP contribution is 2.38. The van der Waals surface area contributed by atoms with Gasteiger partial charge in [0.1, 0.15) is 5.82 Å². The Morgan fingerprint density at radius 1 is 0.794 bits per heavy atom. The lowest BCUT2D eigenvalue weighted by atomic mass is 9.77. The lowest BCUT2D eigenvalue weighted by Crippen LogP contribution is -2.15. The number of unbranched alkanes of at least 4 members (excludes halogenated alkanes) is 2. The van der Waals surface area contributed by atoms with Gasteiger partial charge in [0.15, 0.2) is 11.6 Å². The van der Waals surface area contributed by atoms with Crippen LogP contribution in [0.5, 0.6) is 5.75 Å². The van der Waals surface area contributed by atoms with E-state index < -0.39 is 17.5 Å². The third-order valence-corrected chi connectivity index (χ3v) is 7.95. The van der Waals surface area contributed by atoms with Crippen LogP contribution in [0.25, 0.3) is 17.2 Å². The normalized spacial score (nSPS) is 20.1. The zero-order valence-corrected chi connectivity index (χ0v) is 20.6. The molecule has 0 bridgehead atoms. The number of methoxy groups -OCH3 is 1. The number of hydrogen-bond donors (Lipinski definition) is 0. The Balaban J connectivity index is 1.39. The summed E-state index contributed by atoms with van der Waals surface area (Å²) in [5, 5.41) is 0. The second-order valence-electron chi connectivity index (χ2n) is 10.2. The van der Waals surface area contributed by atoms with Crippen molar-refractivity contribution >= 4 is 6.08 Å². The van der Waals surface area contributed by atoms with Crippen LogP contribution in [0.2, 0.25) is 0 Å². The molecule has 2 aliphatic carbocycles. The Bertz CT molecular complexity index is 1020. The van der Waals surface area contributed by atoms with Gasteiger partial charge in [-0.2, -0.15) is 4.39 Å². The third kappa shape index (κ3) is 5.53. The second kappa shape index (κ2) is 11.5. The van der Waals surface area contributed by atoms with Crippen molar-refractivity contribution in [3.05, 3.63) is 58.4 Å². The summed E-state index contributed by atoms with van der Waals surface area (Å²) in [5.74, 6) is -1.05. The highest BCUT2D eigenvalue weighted by molar-refractivity contribution is 5.71. The van der Waals surface area contributed by atoms with Crippen molar-refractivity contribution in [1.82, 2.24) is 0 Å². The molecule has 34 heavy (non-hydrogen) atoms. The third-order valence-electron chi connectivity index (χ3n) is 7.95. The van der Waals surface area contributed by atoms with E-state index in [1.165, 1.54) is 82.6 Å². The van der Waals surface area contributed by atoms with E-state index in [9.17, 15) is 8.78 Å². The number of benzene rings is 2. The monoisotopic (exact) mass is 470 g/mol. The molecular formula is C30H37F3O. The fourth-order valence-corrected chi connectivity index (χ4v) is 5.79. The minimum absolute atomic E-state index is 0.0707. The maximum atomic E-state index is 15.3. The van der Waals surface area contributed by atoms with E-state index in [1.54, 1.807) is 6.07 Å². The maximum Gasteiger partial charge on any atom is 0.201 e. The summed E-state index contributed by atoms with van der Waals surface area (Å²) in [6.45, 7) is 2.27. The molecule has 0 aromatic heterocycles. The van der Waals surface area contributed by atoms with Crippen LogP contribution in [0.4, 0.5) is 13.2 Å². The minimum atomic E-state index is -1.09. The summed E-state index contributed by atoms with van der Waals surface area (Å²) in [5.41, 5.74) is 2.89. The number of rotatable bonds is 9. The van der Waals surface area contributed by atoms with E-state index in [4.69, 9.17) is 4.74 Å². The predicted octanol–water partition coefficient (Wildman–Crippen LogP) is 9.28. The van der Waals surface area contributed by atoms with Crippen molar-refractivity contribution in [3.63, 3.8) is 0 Å². The summed E-state index contributed by atoms with van der Waals surface area (Å²) < 4.78 is 48.9. The molecule has 184 valence electrons. The van der Waals surface area contributed by atoms with Crippen LogP contribution < -0.4 is 4.74 Å². The van der Waals surface area contributed by atoms with Gasteiger partial charge in [0.05, 0.1) is 7.11 Å². The smallest absolute Gasteiger partial charge is 0.201 e. The number of hydrogen-bond acceptors (Lipinski definition) is 1. The van der Waals surface area contributed by atoms with Gasteiger partial charge in [-0.3, -0.25) is 0 Å². The number of halogens is 3. The SMILES string of the molecule is CCCCCC1CCC(CCC2=Cc3ccc(-c4ccc(OC)c(F)c4F)c(F)c3CC2)CC1. The molecule has 0 N–H and O–H groups in total. The Kier molecular flexibility index (Phi) is 8.39. The van der Waals surface area contributed by atoms with Gasteiger partial charge in [0, 0.05) is 11.1 Å². The molecule has 1 nitrogen and oxygen atoms in total. The van der Waals surface area contributed by atoms with Crippen molar-refractivity contribution in [2.45, 2.75) is 84.0 Å². The molecule has 0 saturated heterocycles. The fourth-order valence-electron chi connectivity index (χ4n) is 5.79. The summed E-state index contributed by atoms with van der Waals surface area (Å²) in [4.78, 5) is 0. The van der Waals surface area contributed by atoms with Gasteiger partial charge in [-0.1, -0.05) is 82.1 Å². The first-order valence-electron chi connectivity index (χ1n) is 13.0. The van der Waals surface area contributed by atoms with E-state index in [0.717, 1.165) is 30.2 Å². The maximum absolute atomic E-state index is 15.3. The first-order valence-corrected chi connectivity index (χ1v) is 13.0. The van der Waals surface area contributed by atoms with Crippen LogP contribution in [0, 0.1) is 29.3 Å². The zero-order chi connectivity index (χ0) is 24.1. The Labute approximate surface area is 202 Å². The number of allylic oxidation sites excluding steroid dienone is 1. The minimum Gasteiger partial charge on any atom is -0.494 e. The van der Waals surface area contributed by atoms with Crippen LogP contribution in [0.3, 0.4) is 0 Å². The fraction of sp³-hybridized carbons (Fsp3) is 0.533. The first-order chi connectivity index (χ1) is 16.5. The molecule has 4 rings (SSSR count). The molecule has 2 aromatic rings. The summed E-state index contributed by atoms with van der Waals surface area (Å²) in [6, 6.07) is 6.13. The summed E-state index contributed by atoms with van der Waals surface area (Å²) in [7, 11) is 1.28. The number of fused-ring (bicyclic) bond motifs is 1. The van der Waals surface area contributed by atoms with Gasteiger partial charge in [-0.05, 0) is 60.8 Å². The molecule has 0 radical (unpaired) electrons. The van der Waals surface area contributed by atoms with Gasteiger partial charge in [-0.15, -0.1) is 0 Å². The molecule has 2 aromatic carbocycles. The molecular weight excluding hydrogens is 433 g/mol. The van der Waals surface area contributed by atoms with Crippen LogP contribution in [-0.4, -0.2) is 7.11 Å². The lowest BCUT2D eigenvalue weighted by molar-refractivity contribution is 0.249. The predicted molar refractivity (Wildman–Crippen MR) is 133 cm³/mol. The van der Waals surface area contributed by atoms with Crippen molar-refractivity contribution in [3.8, 4) is 16.9 Å². The summed E-state index contributed by atoms with van der Waals surface area (Å²) >= 11 is 0. The van der Waals surface area contributed by atoms with Gasteiger partial charge in [0.2, 0.25) is 5.82 Å². The van der Waals surface area contributed by atoms with Crippen LogP contribution in [0.15, 0.2) is 29.8 Å². The molecule has 0 unspecified atom stereocenters. The van der Waals surface area contributed by atoms with Crippen molar-refractivity contribution in [2.75, 3.05) is 7.11 Å². The molecule has 0 amide bonds. The first kappa shape index (κ1) is 24.9. The molecule has 1 saturated carbocycles. The number of ether oxygens (including phenoxy) is 1. The van der Waals surface area contributed by atoms with Crippen molar-refractivity contribution < 1.29 is 17.9 Å². The topological polar surface area (TPSA) is 9.23 Å². The molecule has 0 heterocycles. The van der Waals surface area contributed by atoms with Crippen LogP contribution >= 0.6 is 0 Å². The van der Waals surface area contributed by atoms with E-state index in [2.05, 4.69) is 13.0 Å². The average molecular weight is 471 g/mol. The van der Waals surface area contributed by atoms with Gasteiger partial charge in [0.25, 0.3) is 0 Å². The van der Waals surface area contributed by atoms with Gasteiger partial charge >= 0.3 is 0 Å². The molecule has 1 fully saturated rings. The van der Waals surface area contributed by atoms with Gasteiger partial charge < -0.3 is 4.74 Å². The standard InChI is InChI=1S/C30H37F3O/c1-3-4-5-6-20-7-9-21(10-8-20)11-12-22-13-15-24-23(19-22)14-16-25(28(24)31)26-17-18-27(34-2)30(33)29(26)32/h14,16-21H,3-13,15H2,1-2H3. The van der Waals surface area contributed by atoms with Crippen molar-refractivity contribution in [1.29, 1.82) is 0 Å². The van der Waals surface area contributed by atoms with Gasteiger partial charge in [-0.25, -0.2) is 8.78 Å². The van der Waals surface area contributed by atoms with E-state index >= 15 is 4.39 Å². The highest BCUT2D eigenvalue weighted by atomic mass is 19.2. The van der Waals surface area contributed by atoms with E-state index in [-0.39, 0.29) is 16.9 Å². The Morgan fingerprint density at radius 3 is 2.18 bits per heavy atom. The summed E-state index contributed by atoms with van der Waals surface area (Å²) in [6.07, 6.45) is 16.8. The lowest BCUT2D eigenvalue weighted by Gasteiger charge is -2.29. The van der Waals surface area contributed by atoms with E-state index in [1.807, 2.05) is 6.07 Å². The molecule has 2 aliphatic rings. The van der Waals surface area contributed by atoms with Crippen LogP contribution in [-0.2, 0) is 6.42 Å². The van der Waals surface area contributed by atoms with Crippen LogP contribution in [0.1, 0.15) is 88.7 Å². The average Bonchev–Trinajstić information content (AvgIpc) is 2.86. The highest BCUT2D eigenvalue weighted by Gasteiger charge is 2.24. The molecule has 0 spiro atoms. The largest absolute Gasteiger partial charge is 0.494 e. The van der Waals surface area contributed by atoms with E-state index in [0.29, 0.717) is 12.0 Å². The quantitative estimate of drug-likeness (QED) is 0.332. The second-order valence-corrected chi connectivity index (χ2v) is 10.2.